The number of carbonyl (C=O) groups is 1. The normalized spacial score (nSPS) is 19.9. The molecule has 1 atom stereocenters. The zero-order valence-electron chi connectivity index (χ0n) is 19.9. The number of alkyl halides is 5. The van der Waals surface area contributed by atoms with E-state index >= 15 is 0 Å². The molecular weight excluding hydrogens is 504 g/mol. The van der Waals surface area contributed by atoms with Crippen LogP contribution in [0.25, 0.3) is 11.3 Å². The molecule has 1 N–H and O–H groups in total. The minimum Gasteiger partial charge on any atom is -0.492 e. The van der Waals surface area contributed by atoms with Gasteiger partial charge in [0.15, 0.2) is 0 Å². The third-order valence-corrected chi connectivity index (χ3v) is 6.71. The van der Waals surface area contributed by atoms with Gasteiger partial charge < -0.3 is 14.7 Å². The predicted molar refractivity (Wildman–Crippen MR) is 122 cm³/mol. The Bertz CT molecular complexity index is 1090. The lowest BCUT2D eigenvalue weighted by Crippen LogP contribution is -2.49. The second-order valence-electron chi connectivity index (χ2n) is 9.50. The molecule has 2 fully saturated rings. The summed E-state index contributed by atoms with van der Waals surface area (Å²) in [4.78, 5) is 19.3. The van der Waals surface area contributed by atoms with Gasteiger partial charge in [-0.05, 0) is 68.6 Å². The summed E-state index contributed by atoms with van der Waals surface area (Å²) < 4.78 is 84.2. The molecular formula is C25H27F6N3O3. The number of carbonyl (C=O) groups excluding carboxylic acids is 1. The van der Waals surface area contributed by atoms with E-state index in [1.54, 1.807) is 12.1 Å². The molecule has 2 aliphatic rings. The summed E-state index contributed by atoms with van der Waals surface area (Å²) in [6, 6.07) is 7.28. The molecule has 202 valence electrons. The number of nitrogens with zero attached hydrogens (tertiary/aromatic N) is 3. The van der Waals surface area contributed by atoms with Crippen LogP contribution in [-0.4, -0.2) is 83.3 Å². The number of amides is 1. The highest BCUT2D eigenvalue weighted by atomic mass is 19.4. The molecule has 0 aliphatic carbocycles. The van der Waals surface area contributed by atoms with Gasteiger partial charge in [0.2, 0.25) is 0 Å². The van der Waals surface area contributed by atoms with Crippen LogP contribution >= 0.6 is 0 Å². The van der Waals surface area contributed by atoms with Crippen molar-refractivity contribution in [3.8, 4) is 17.0 Å². The van der Waals surface area contributed by atoms with Crippen LogP contribution in [0.15, 0.2) is 36.5 Å². The second-order valence-corrected chi connectivity index (χ2v) is 9.50. The Hall–Kier alpha value is -2.86. The number of pyridine rings is 1. The number of benzene rings is 1. The van der Waals surface area contributed by atoms with Crippen LogP contribution in [-0.2, 0) is 0 Å². The Morgan fingerprint density at radius 2 is 1.78 bits per heavy atom. The molecule has 0 radical (unpaired) electrons. The molecule has 1 unspecified atom stereocenters. The van der Waals surface area contributed by atoms with E-state index in [9.17, 15) is 36.2 Å². The number of β-amino-alcohol motifs (C(OH)–C–C–N with tert-alkyl or cyclic N) is 1. The van der Waals surface area contributed by atoms with Gasteiger partial charge in [-0.1, -0.05) is 0 Å². The van der Waals surface area contributed by atoms with Gasteiger partial charge in [0.25, 0.3) is 5.91 Å². The van der Waals surface area contributed by atoms with E-state index in [4.69, 9.17) is 4.74 Å². The molecule has 37 heavy (non-hydrogen) atoms. The van der Waals surface area contributed by atoms with Crippen molar-refractivity contribution in [3.63, 3.8) is 0 Å². The van der Waals surface area contributed by atoms with Gasteiger partial charge in [-0.3, -0.25) is 14.7 Å². The smallest absolute Gasteiger partial charge is 0.454 e. The number of rotatable bonds is 7. The van der Waals surface area contributed by atoms with E-state index < -0.39 is 30.6 Å². The van der Waals surface area contributed by atoms with Crippen molar-refractivity contribution in [3.05, 3.63) is 47.9 Å². The van der Waals surface area contributed by atoms with Crippen molar-refractivity contribution in [1.82, 2.24) is 14.8 Å². The van der Waals surface area contributed by atoms with E-state index in [1.807, 2.05) is 0 Å². The number of aromatic nitrogens is 1. The molecule has 4 rings (SSSR count). The largest absolute Gasteiger partial charge is 0.492 e. The van der Waals surface area contributed by atoms with Crippen LogP contribution in [0.1, 0.15) is 29.6 Å². The SMILES string of the molecule is O=C(c1ccc(-c2ccc(OCC3CCN(CC(F)(F)C(F)(F)F)CC3)cn2)c(F)c1)N1CCC(O)C1. The number of halogens is 6. The van der Waals surface area contributed by atoms with E-state index in [0.29, 0.717) is 37.3 Å². The average molecular weight is 531 g/mol. The standard InChI is InChI=1S/C25H27F6N3O3/c26-21-11-17(23(36)34-10-7-18(35)13-34)1-3-20(21)22-4-2-19(12-32-22)37-14-16-5-8-33(9-6-16)15-24(27,28)25(29,30)31/h1-4,11-12,16,18,35H,5-10,13-15H2. The molecule has 3 heterocycles. The molecule has 0 spiro atoms. The molecule has 1 aromatic heterocycles. The van der Waals surface area contributed by atoms with Crippen molar-refractivity contribution in [1.29, 1.82) is 0 Å². The van der Waals surface area contributed by atoms with Gasteiger partial charge in [-0.25, -0.2) is 4.39 Å². The fourth-order valence-corrected chi connectivity index (χ4v) is 4.49. The van der Waals surface area contributed by atoms with Crippen molar-refractivity contribution < 1.29 is 41.0 Å². The van der Waals surface area contributed by atoms with E-state index in [1.165, 1.54) is 23.2 Å². The van der Waals surface area contributed by atoms with Crippen LogP contribution in [0.2, 0.25) is 0 Å². The van der Waals surface area contributed by atoms with Crippen molar-refractivity contribution >= 4 is 5.91 Å². The van der Waals surface area contributed by atoms with Crippen molar-refractivity contribution in [2.75, 3.05) is 39.3 Å². The number of ether oxygens (including phenoxy) is 1. The Balaban J connectivity index is 1.27. The average Bonchev–Trinajstić information content (AvgIpc) is 3.29. The fourth-order valence-electron chi connectivity index (χ4n) is 4.49. The molecule has 2 aromatic rings. The highest BCUT2D eigenvalue weighted by Gasteiger charge is 2.58. The molecule has 12 heteroatoms. The number of aliphatic hydroxyl groups is 1. The highest BCUT2D eigenvalue weighted by molar-refractivity contribution is 5.95. The first kappa shape index (κ1) is 27.2. The highest BCUT2D eigenvalue weighted by Crippen LogP contribution is 2.36. The summed E-state index contributed by atoms with van der Waals surface area (Å²) in [6.45, 7) is -0.221. The number of aliphatic hydroxyl groups excluding tert-OH is 1. The zero-order valence-corrected chi connectivity index (χ0v) is 19.9. The summed E-state index contributed by atoms with van der Waals surface area (Å²) in [5, 5.41) is 9.60. The quantitative estimate of drug-likeness (QED) is 0.538. The lowest BCUT2D eigenvalue weighted by atomic mass is 9.97. The van der Waals surface area contributed by atoms with E-state index in [2.05, 4.69) is 4.98 Å². The lowest BCUT2D eigenvalue weighted by molar-refractivity contribution is -0.287. The Morgan fingerprint density at radius 3 is 2.35 bits per heavy atom. The first-order valence-corrected chi connectivity index (χ1v) is 12.0. The van der Waals surface area contributed by atoms with Crippen molar-refractivity contribution in [2.45, 2.75) is 37.5 Å². The van der Waals surface area contributed by atoms with Gasteiger partial charge in [-0.2, -0.15) is 22.0 Å². The van der Waals surface area contributed by atoms with Gasteiger partial charge in [0, 0.05) is 24.2 Å². The second kappa shape index (κ2) is 10.9. The summed E-state index contributed by atoms with van der Waals surface area (Å²) >= 11 is 0. The summed E-state index contributed by atoms with van der Waals surface area (Å²) in [5.74, 6) is -5.30. The molecule has 0 bridgehead atoms. The van der Waals surface area contributed by atoms with Gasteiger partial charge >= 0.3 is 12.1 Å². The maximum Gasteiger partial charge on any atom is 0.454 e. The fraction of sp³-hybridized carbons (Fsp3) is 0.520. The minimum atomic E-state index is -5.56. The number of hydrogen-bond donors (Lipinski definition) is 1. The lowest BCUT2D eigenvalue weighted by Gasteiger charge is -2.34. The van der Waals surface area contributed by atoms with E-state index in [0.717, 1.165) is 11.0 Å². The van der Waals surface area contributed by atoms with E-state index in [-0.39, 0.29) is 49.2 Å². The predicted octanol–water partition coefficient (Wildman–Crippen LogP) is 4.38. The molecule has 1 aromatic carbocycles. The summed E-state index contributed by atoms with van der Waals surface area (Å²) in [7, 11) is 0. The zero-order chi connectivity index (χ0) is 26.8. The third kappa shape index (κ3) is 6.53. The van der Waals surface area contributed by atoms with Gasteiger partial charge in [0.1, 0.15) is 11.6 Å². The van der Waals surface area contributed by atoms with Crippen LogP contribution in [0, 0.1) is 11.7 Å². The third-order valence-electron chi connectivity index (χ3n) is 6.71. The molecule has 0 saturated carbocycles. The van der Waals surface area contributed by atoms with Crippen molar-refractivity contribution in [2.24, 2.45) is 5.92 Å². The van der Waals surface area contributed by atoms with Crippen LogP contribution in [0.3, 0.4) is 0 Å². The number of piperidine rings is 1. The molecule has 2 saturated heterocycles. The Kier molecular flexibility index (Phi) is 7.98. The maximum atomic E-state index is 14.7. The molecule has 6 nitrogen and oxygen atoms in total. The first-order valence-electron chi connectivity index (χ1n) is 12.0. The summed E-state index contributed by atoms with van der Waals surface area (Å²) in [6.07, 6.45) is -3.38. The van der Waals surface area contributed by atoms with Gasteiger partial charge in [0.05, 0.1) is 31.1 Å². The van der Waals surface area contributed by atoms with Gasteiger partial charge in [-0.15, -0.1) is 0 Å². The first-order chi connectivity index (χ1) is 17.4. The van der Waals surface area contributed by atoms with Crippen LogP contribution in [0.5, 0.6) is 5.75 Å². The minimum absolute atomic E-state index is 0.00492. The Labute approximate surface area is 209 Å². The Morgan fingerprint density at radius 1 is 1.05 bits per heavy atom. The molecule has 1 amide bonds. The van der Waals surface area contributed by atoms with Crippen LogP contribution in [0.4, 0.5) is 26.3 Å². The number of likely N-dealkylation sites (tertiary alicyclic amines) is 2. The summed E-state index contributed by atoms with van der Waals surface area (Å²) in [5.41, 5.74) is 0.718. The topological polar surface area (TPSA) is 65.9 Å². The number of hydrogen-bond acceptors (Lipinski definition) is 5. The van der Waals surface area contributed by atoms with Crippen LogP contribution < -0.4 is 4.74 Å². The maximum absolute atomic E-state index is 14.7. The molecule has 2 aliphatic heterocycles. The monoisotopic (exact) mass is 531 g/mol.